The van der Waals surface area contributed by atoms with Crippen LogP contribution in [-0.2, 0) is 14.4 Å². The number of nitrogens with zero attached hydrogens (tertiary/aromatic N) is 1. The molecule has 2 saturated carbocycles. The van der Waals surface area contributed by atoms with Gasteiger partial charge in [-0.15, -0.1) is 0 Å². The molecule has 2 fully saturated rings. The largest absolute Gasteiger partial charge is 0.480 e. The first-order valence-electron chi connectivity index (χ1n) is 6.67. The maximum Gasteiger partial charge on any atom is 0.323 e. The van der Waals surface area contributed by atoms with Gasteiger partial charge < -0.3 is 15.1 Å². The number of fused-ring (bicyclic) bond motifs is 2. The summed E-state index contributed by atoms with van der Waals surface area (Å²) in [5, 5.41) is 17.4. The van der Waals surface area contributed by atoms with E-state index in [0.29, 0.717) is 18.3 Å². The van der Waals surface area contributed by atoms with Crippen LogP contribution in [0.2, 0.25) is 0 Å². The Bertz CT molecular complexity index is 378. The highest BCUT2D eigenvalue weighted by Gasteiger charge is 2.40. The molecule has 0 radical (unpaired) electrons. The minimum absolute atomic E-state index is 0.293. The van der Waals surface area contributed by atoms with Crippen LogP contribution in [0.25, 0.3) is 0 Å². The molecule has 0 spiro atoms. The van der Waals surface area contributed by atoms with Crippen molar-refractivity contribution in [2.75, 3.05) is 13.1 Å². The van der Waals surface area contributed by atoms with E-state index in [-0.39, 0.29) is 5.91 Å². The predicted molar refractivity (Wildman–Crippen MR) is 65.4 cm³/mol. The molecule has 19 heavy (non-hydrogen) atoms. The molecule has 0 aromatic carbocycles. The van der Waals surface area contributed by atoms with E-state index in [2.05, 4.69) is 0 Å². The number of amides is 1. The van der Waals surface area contributed by atoms with E-state index in [4.69, 9.17) is 10.2 Å². The predicted octanol–water partition coefficient (Wildman–Crippen LogP) is 0.810. The first-order valence-corrected chi connectivity index (χ1v) is 6.67. The molecule has 3 unspecified atom stereocenters. The Morgan fingerprint density at radius 2 is 1.63 bits per heavy atom. The zero-order valence-electron chi connectivity index (χ0n) is 10.7. The number of aliphatic carboxylic acids is 2. The summed E-state index contributed by atoms with van der Waals surface area (Å²) in [5.74, 6) is -1.09. The van der Waals surface area contributed by atoms with E-state index in [1.807, 2.05) is 0 Å². The molecule has 3 atom stereocenters. The molecule has 0 aromatic heterocycles. The maximum absolute atomic E-state index is 12.0. The lowest BCUT2D eigenvalue weighted by atomic mass is 9.86. The van der Waals surface area contributed by atoms with Crippen LogP contribution < -0.4 is 0 Å². The van der Waals surface area contributed by atoms with Crippen LogP contribution in [-0.4, -0.2) is 46.0 Å². The van der Waals surface area contributed by atoms with Gasteiger partial charge in [-0.25, -0.2) is 0 Å². The second kappa shape index (κ2) is 5.59. The zero-order valence-corrected chi connectivity index (χ0v) is 10.7. The van der Waals surface area contributed by atoms with E-state index in [1.165, 1.54) is 12.8 Å². The first kappa shape index (κ1) is 13.8. The first-order chi connectivity index (χ1) is 8.95. The highest BCUT2D eigenvalue weighted by atomic mass is 16.4. The fraction of sp³-hybridized carbons (Fsp3) is 0.769. The van der Waals surface area contributed by atoms with Gasteiger partial charge in [0, 0.05) is 6.42 Å². The van der Waals surface area contributed by atoms with Gasteiger partial charge in [0.05, 0.1) is 0 Å². The third kappa shape index (κ3) is 3.45. The summed E-state index contributed by atoms with van der Waals surface area (Å²) < 4.78 is 0. The number of carboxylic acids is 2. The number of hydrogen-bond acceptors (Lipinski definition) is 3. The van der Waals surface area contributed by atoms with Gasteiger partial charge >= 0.3 is 11.9 Å². The monoisotopic (exact) mass is 269 g/mol. The van der Waals surface area contributed by atoms with Crippen molar-refractivity contribution in [1.29, 1.82) is 0 Å². The summed E-state index contributed by atoms with van der Waals surface area (Å²) in [5.41, 5.74) is 0. The van der Waals surface area contributed by atoms with Crippen molar-refractivity contribution in [3.63, 3.8) is 0 Å². The standard InChI is InChI=1S/C13H19NO5/c15-11(14(6-12(16)17)7-13(18)19)5-10-4-8-1-2-9(10)3-8/h8-10H,1-7H2,(H,16,17)(H,18,19). The number of hydrogen-bond donors (Lipinski definition) is 2. The molecule has 2 rings (SSSR count). The van der Waals surface area contributed by atoms with Crippen molar-refractivity contribution >= 4 is 17.8 Å². The molecular weight excluding hydrogens is 250 g/mol. The Morgan fingerprint density at radius 1 is 1.00 bits per heavy atom. The summed E-state index contributed by atoms with van der Waals surface area (Å²) in [6, 6.07) is 0. The SMILES string of the molecule is O=C(O)CN(CC(=O)O)C(=O)CC1CC2CCC1C2. The van der Waals surface area contributed by atoms with Gasteiger partial charge in [0.15, 0.2) is 0 Å². The van der Waals surface area contributed by atoms with Gasteiger partial charge in [0.25, 0.3) is 0 Å². The molecule has 2 N–H and O–H groups in total. The molecule has 6 nitrogen and oxygen atoms in total. The average molecular weight is 269 g/mol. The number of carbonyl (C=O) groups excluding carboxylic acids is 1. The number of carboxylic acid groups (broad SMARTS) is 2. The molecule has 6 heteroatoms. The smallest absolute Gasteiger partial charge is 0.323 e. The van der Waals surface area contributed by atoms with E-state index in [0.717, 1.165) is 23.7 Å². The van der Waals surface area contributed by atoms with Gasteiger partial charge in [-0.1, -0.05) is 6.42 Å². The third-order valence-electron chi connectivity index (χ3n) is 4.33. The second-order valence-electron chi connectivity index (χ2n) is 5.68. The quantitative estimate of drug-likeness (QED) is 0.744. The lowest BCUT2D eigenvalue weighted by molar-refractivity contribution is -0.149. The summed E-state index contributed by atoms with van der Waals surface area (Å²) in [4.78, 5) is 34.3. The molecule has 106 valence electrons. The lowest BCUT2D eigenvalue weighted by Gasteiger charge is -2.25. The van der Waals surface area contributed by atoms with Gasteiger partial charge in [-0.2, -0.15) is 0 Å². The number of rotatable bonds is 6. The van der Waals surface area contributed by atoms with Gasteiger partial charge in [-0.3, -0.25) is 14.4 Å². The lowest BCUT2D eigenvalue weighted by Crippen LogP contribution is -2.40. The van der Waals surface area contributed by atoms with Crippen LogP contribution in [0, 0.1) is 17.8 Å². The van der Waals surface area contributed by atoms with Crippen LogP contribution in [0.3, 0.4) is 0 Å². The minimum atomic E-state index is -1.18. The van der Waals surface area contributed by atoms with Crippen molar-refractivity contribution in [3.8, 4) is 0 Å². The Kier molecular flexibility index (Phi) is 4.07. The van der Waals surface area contributed by atoms with Crippen LogP contribution in [0.4, 0.5) is 0 Å². The zero-order chi connectivity index (χ0) is 14.0. The van der Waals surface area contributed by atoms with Crippen molar-refractivity contribution in [1.82, 2.24) is 4.90 Å². The average Bonchev–Trinajstić information content (AvgIpc) is 2.88. The van der Waals surface area contributed by atoms with Gasteiger partial charge in [-0.05, 0) is 37.0 Å². The Balaban J connectivity index is 1.91. The summed E-state index contributed by atoms with van der Waals surface area (Å²) in [7, 11) is 0. The van der Waals surface area contributed by atoms with Crippen molar-refractivity contribution in [3.05, 3.63) is 0 Å². The van der Waals surface area contributed by atoms with Crippen molar-refractivity contribution in [2.24, 2.45) is 17.8 Å². The van der Waals surface area contributed by atoms with E-state index >= 15 is 0 Å². The molecule has 1 amide bonds. The second-order valence-corrected chi connectivity index (χ2v) is 5.68. The molecule has 2 bridgehead atoms. The topological polar surface area (TPSA) is 94.9 Å². The Morgan fingerprint density at radius 3 is 2.05 bits per heavy atom. The molecule has 2 aliphatic rings. The molecular formula is C13H19NO5. The van der Waals surface area contributed by atoms with Crippen LogP contribution in [0.5, 0.6) is 0 Å². The molecule has 0 aliphatic heterocycles. The van der Waals surface area contributed by atoms with Crippen molar-refractivity contribution < 1.29 is 24.6 Å². The van der Waals surface area contributed by atoms with Crippen molar-refractivity contribution in [2.45, 2.75) is 32.1 Å². The van der Waals surface area contributed by atoms with E-state index in [9.17, 15) is 14.4 Å². The van der Waals surface area contributed by atoms with E-state index < -0.39 is 25.0 Å². The molecule has 0 heterocycles. The highest BCUT2D eigenvalue weighted by molar-refractivity contribution is 5.85. The van der Waals surface area contributed by atoms with Crippen LogP contribution in [0.15, 0.2) is 0 Å². The van der Waals surface area contributed by atoms with Crippen LogP contribution >= 0.6 is 0 Å². The number of carbonyl (C=O) groups is 3. The fourth-order valence-electron chi connectivity index (χ4n) is 3.54. The highest BCUT2D eigenvalue weighted by Crippen LogP contribution is 2.49. The third-order valence-corrected chi connectivity index (χ3v) is 4.33. The van der Waals surface area contributed by atoms with E-state index in [1.54, 1.807) is 0 Å². The van der Waals surface area contributed by atoms with Crippen LogP contribution in [0.1, 0.15) is 32.1 Å². The summed E-state index contributed by atoms with van der Waals surface area (Å²) >= 11 is 0. The Hall–Kier alpha value is -1.59. The fourth-order valence-corrected chi connectivity index (χ4v) is 3.54. The van der Waals surface area contributed by atoms with Gasteiger partial charge in [0.1, 0.15) is 13.1 Å². The summed E-state index contributed by atoms with van der Waals surface area (Å²) in [6.45, 7) is -1.07. The van der Waals surface area contributed by atoms with Gasteiger partial charge in [0.2, 0.25) is 5.91 Å². The summed E-state index contributed by atoms with van der Waals surface area (Å²) in [6.07, 6.45) is 4.89. The Labute approximate surface area is 111 Å². The molecule has 2 aliphatic carbocycles. The maximum atomic E-state index is 12.0. The molecule has 0 aromatic rings. The molecule has 0 saturated heterocycles. The minimum Gasteiger partial charge on any atom is -0.480 e. The normalized spacial score (nSPS) is 28.3.